The molecular formula is C28H34F3N5O2S. The van der Waals surface area contributed by atoms with Crippen LogP contribution in [0.25, 0.3) is 10.9 Å². The predicted molar refractivity (Wildman–Crippen MR) is 149 cm³/mol. The number of fused-ring (bicyclic) bond motifs is 1. The number of hydrogen-bond acceptors (Lipinski definition) is 6. The quantitative estimate of drug-likeness (QED) is 0.405. The van der Waals surface area contributed by atoms with Gasteiger partial charge in [-0.2, -0.15) is 18.4 Å². The Kier molecular flexibility index (Phi) is 10.4. The normalized spacial score (nSPS) is 14.1. The van der Waals surface area contributed by atoms with Crippen LogP contribution in [0.3, 0.4) is 0 Å². The van der Waals surface area contributed by atoms with E-state index in [0.717, 1.165) is 21.3 Å². The van der Waals surface area contributed by atoms with Crippen LogP contribution in [0.1, 0.15) is 55.5 Å². The fourth-order valence-corrected chi connectivity index (χ4v) is 5.59. The highest BCUT2D eigenvalue weighted by molar-refractivity contribution is 7.99. The van der Waals surface area contributed by atoms with E-state index < -0.39 is 23.0 Å². The molecule has 4 rings (SSSR count). The molecule has 1 fully saturated rings. The minimum absolute atomic E-state index is 0.0826. The fraction of sp³-hybridized carbons (Fsp3) is 0.464. The predicted octanol–water partition coefficient (Wildman–Crippen LogP) is 4.73. The lowest BCUT2D eigenvalue weighted by Gasteiger charge is -2.29. The smallest absolute Gasteiger partial charge is 0.314 e. The molecule has 0 saturated carbocycles. The Morgan fingerprint density at radius 1 is 1.05 bits per heavy atom. The summed E-state index contributed by atoms with van der Waals surface area (Å²) in [4.78, 5) is 32.1. The number of hydrogen-bond donors (Lipinski definition) is 2. The lowest BCUT2D eigenvalue weighted by molar-refractivity contribution is -0.138. The molecule has 1 aliphatic heterocycles. The highest BCUT2D eigenvalue weighted by Crippen LogP contribution is 2.37. The lowest BCUT2D eigenvalue weighted by Crippen LogP contribution is -2.43. The Morgan fingerprint density at radius 3 is 2.33 bits per heavy atom. The van der Waals surface area contributed by atoms with E-state index in [1.165, 1.54) is 11.8 Å². The van der Waals surface area contributed by atoms with Gasteiger partial charge in [-0.15, -0.1) is 11.8 Å². The van der Waals surface area contributed by atoms with Gasteiger partial charge in [-0.3, -0.25) is 14.3 Å². The van der Waals surface area contributed by atoms with Gasteiger partial charge >= 0.3 is 11.9 Å². The zero-order valence-corrected chi connectivity index (χ0v) is 23.5. The first kappa shape index (κ1) is 30.5. The summed E-state index contributed by atoms with van der Waals surface area (Å²) in [7, 11) is 0. The number of H-pyrrole nitrogens is 1. The van der Waals surface area contributed by atoms with Gasteiger partial charge in [0.05, 0.1) is 34.6 Å². The van der Waals surface area contributed by atoms with E-state index in [1.54, 1.807) is 25.1 Å². The zero-order chi connectivity index (χ0) is 28.7. The van der Waals surface area contributed by atoms with Crippen molar-refractivity contribution in [2.75, 3.05) is 31.9 Å². The molecule has 11 heteroatoms. The van der Waals surface area contributed by atoms with Crippen LogP contribution in [0.2, 0.25) is 0 Å². The third kappa shape index (κ3) is 6.75. The van der Waals surface area contributed by atoms with Gasteiger partial charge in [-0.25, -0.2) is 4.79 Å². The largest absolute Gasteiger partial charge is 0.416 e. The van der Waals surface area contributed by atoms with Gasteiger partial charge in [0.15, 0.2) is 0 Å². The van der Waals surface area contributed by atoms with Gasteiger partial charge in [0.2, 0.25) is 0 Å². The monoisotopic (exact) mass is 561 g/mol. The van der Waals surface area contributed by atoms with Gasteiger partial charge < -0.3 is 10.3 Å². The van der Waals surface area contributed by atoms with Crippen LogP contribution in [0.4, 0.5) is 13.2 Å². The molecule has 2 aromatic carbocycles. The minimum Gasteiger partial charge on any atom is -0.314 e. The molecule has 7 nitrogen and oxygen atoms in total. The molecule has 1 aromatic heterocycles. The number of nitrogens with zero attached hydrogens (tertiary/aromatic N) is 3. The lowest BCUT2D eigenvalue weighted by atomic mass is 9.94. The second kappa shape index (κ2) is 13.3. The summed E-state index contributed by atoms with van der Waals surface area (Å²) >= 11 is 1.49. The molecule has 1 aliphatic rings. The summed E-state index contributed by atoms with van der Waals surface area (Å²) in [6.07, 6.45) is -4.44. The Morgan fingerprint density at radius 2 is 1.74 bits per heavy atom. The van der Waals surface area contributed by atoms with Gasteiger partial charge in [-0.05, 0) is 53.1 Å². The molecule has 0 aliphatic carbocycles. The van der Waals surface area contributed by atoms with Crippen molar-refractivity contribution in [3.05, 3.63) is 72.9 Å². The summed E-state index contributed by atoms with van der Waals surface area (Å²) < 4.78 is 43.8. The van der Waals surface area contributed by atoms with Gasteiger partial charge in [0.1, 0.15) is 0 Å². The Balaban J connectivity index is 0.00000205. The number of thioether (sulfide) groups is 1. The SMILES string of the molecule is CC.CCSc1ccc(C#N)cc1Cn1c(=O)[nH]c2c(CC)c(CN3CCNCC3)c(C(F)(F)F)cc2c1=O. The molecule has 0 spiro atoms. The van der Waals surface area contributed by atoms with Gasteiger partial charge in [-0.1, -0.05) is 27.7 Å². The van der Waals surface area contributed by atoms with E-state index in [0.29, 0.717) is 42.9 Å². The average Bonchev–Trinajstić information content (AvgIpc) is 2.92. The Bertz CT molecular complexity index is 1470. The van der Waals surface area contributed by atoms with Crippen LogP contribution in [0, 0.1) is 11.3 Å². The first-order chi connectivity index (χ1) is 18.7. The second-order valence-electron chi connectivity index (χ2n) is 8.87. The van der Waals surface area contributed by atoms with E-state index >= 15 is 0 Å². The number of nitriles is 1. The Labute approximate surface area is 230 Å². The van der Waals surface area contributed by atoms with Crippen molar-refractivity contribution in [2.45, 2.75) is 58.3 Å². The summed E-state index contributed by atoms with van der Waals surface area (Å²) in [5.41, 5.74) is -0.803. The molecule has 39 heavy (non-hydrogen) atoms. The summed E-state index contributed by atoms with van der Waals surface area (Å²) in [6, 6.07) is 7.93. The topological polar surface area (TPSA) is 93.9 Å². The molecule has 3 aromatic rings. The second-order valence-corrected chi connectivity index (χ2v) is 10.2. The van der Waals surface area contributed by atoms with Crippen LogP contribution >= 0.6 is 11.8 Å². The maximum absolute atomic E-state index is 14.3. The number of aromatic amines is 1. The van der Waals surface area contributed by atoms with Crippen molar-refractivity contribution in [1.82, 2.24) is 19.8 Å². The first-order valence-electron chi connectivity index (χ1n) is 13.2. The van der Waals surface area contributed by atoms with Crippen molar-refractivity contribution in [3.63, 3.8) is 0 Å². The van der Waals surface area contributed by atoms with Crippen molar-refractivity contribution in [3.8, 4) is 6.07 Å². The standard InChI is InChI=1S/C26H28F3N5O2S.C2H6/c1-3-18-20(15-33-9-7-31-8-10-33)21(26(27,28)29)12-19-23(18)32-25(36)34(24(19)35)14-17-11-16(13-30)5-6-22(17)37-4-2;1-2/h5-6,11-12,31H,3-4,7-10,14-15H2,1-2H3,(H,32,36);1-2H3. The Hall–Kier alpha value is -3.07. The highest BCUT2D eigenvalue weighted by atomic mass is 32.2. The molecule has 0 bridgehead atoms. The van der Waals surface area contributed by atoms with Crippen molar-refractivity contribution in [1.29, 1.82) is 5.26 Å². The van der Waals surface area contributed by atoms with Crippen LogP contribution in [0.15, 0.2) is 38.8 Å². The number of halogens is 3. The van der Waals surface area contributed by atoms with Crippen LogP contribution in [-0.2, 0) is 25.7 Å². The molecular weight excluding hydrogens is 527 g/mol. The number of alkyl halides is 3. The van der Waals surface area contributed by atoms with E-state index in [2.05, 4.69) is 10.3 Å². The summed E-state index contributed by atoms with van der Waals surface area (Å²) in [5.74, 6) is 0.729. The molecule has 2 N–H and O–H groups in total. The fourth-order valence-electron chi connectivity index (χ4n) is 4.80. The number of benzene rings is 2. The first-order valence-corrected chi connectivity index (χ1v) is 14.1. The number of nitrogens with one attached hydrogen (secondary N) is 2. The number of aromatic nitrogens is 2. The molecule has 0 radical (unpaired) electrons. The van der Waals surface area contributed by atoms with E-state index in [9.17, 15) is 28.0 Å². The highest BCUT2D eigenvalue weighted by Gasteiger charge is 2.36. The maximum Gasteiger partial charge on any atom is 0.416 e. The van der Waals surface area contributed by atoms with Gasteiger partial charge in [0.25, 0.3) is 5.56 Å². The average molecular weight is 562 g/mol. The third-order valence-electron chi connectivity index (χ3n) is 6.57. The zero-order valence-electron chi connectivity index (χ0n) is 22.7. The van der Waals surface area contributed by atoms with Crippen LogP contribution in [0.5, 0.6) is 0 Å². The number of rotatable bonds is 7. The molecule has 0 unspecified atom stereocenters. The van der Waals surface area contributed by atoms with E-state index in [4.69, 9.17) is 0 Å². The summed E-state index contributed by atoms with van der Waals surface area (Å²) in [5, 5.41) is 12.3. The molecule has 2 heterocycles. The van der Waals surface area contributed by atoms with Gasteiger partial charge in [0, 0.05) is 37.6 Å². The number of piperazine rings is 1. The molecule has 0 atom stereocenters. The maximum atomic E-state index is 14.3. The van der Waals surface area contributed by atoms with E-state index in [-0.39, 0.29) is 36.0 Å². The molecule has 210 valence electrons. The van der Waals surface area contributed by atoms with Crippen LogP contribution in [-0.4, -0.2) is 46.4 Å². The molecule has 0 amide bonds. The van der Waals surface area contributed by atoms with Crippen molar-refractivity contribution >= 4 is 22.7 Å². The van der Waals surface area contributed by atoms with E-state index in [1.807, 2.05) is 31.7 Å². The third-order valence-corrected chi connectivity index (χ3v) is 7.57. The number of aryl methyl sites for hydroxylation is 1. The molecule has 1 saturated heterocycles. The summed E-state index contributed by atoms with van der Waals surface area (Å²) in [6.45, 7) is 10.2. The van der Waals surface area contributed by atoms with Crippen molar-refractivity contribution in [2.24, 2.45) is 0 Å². The van der Waals surface area contributed by atoms with Crippen LogP contribution < -0.4 is 16.6 Å². The van der Waals surface area contributed by atoms with Crippen molar-refractivity contribution < 1.29 is 13.2 Å². The minimum atomic E-state index is -4.67.